The van der Waals surface area contributed by atoms with Gasteiger partial charge in [0.1, 0.15) is 0 Å². The van der Waals surface area contributed by atoms with Crippen LogP contribution in [-0.2, 0) is 18.9 Å². The minimum absolute atomic E-state index is 0.176. The fourth-order valence-corrected chi connectivity index (χ4v) is 0. The van der Waals surface area contributed by atoms with E-state index in [-0.39, 0.29) is 16.7 Å². The Kier molecular flexibility index (Phi) is 27.9. The van der Waals surface area contributed by atoms with Gasteiger partial charge < -0.3 is 30.0 Å². The average molecular weight is 400 g/mol. The molecule has 11 heteroatoms. The number of phosphoric acid groups is 1. The molecule has 0 aromatic heterocycles. The highest BCUT2D eigenvalue weighted by atomic mass is 31.2. The quantitative estimate of drug-likeness (QED) is 0.303. The third-order valence-electron chi connectivity index (χ3n) is 1.10. The molecule has 0 aliphatic carbocycles. The second kappa shape index (κ2) is 20.8. The Morgan fingerprint density at radius 1 is 0.692 bits per heavy atom. The third-order valence-corrected chi connectivity index (χ3v) is 1.10. The maximum absolute atomic E-state index is 9.60. The third kappa shape index (κ3) is 98.6. The van der Waals surface area contributed by atoms with Gasteiger partial charge in [0.2, 0.25) is 0 Å². The molecule has 6 N–H and O–H groups in total. The van der Waals surface area contributed by atoms with Crippen LogP contribution in [0.25, 0.3) is 0 Å². The van der Waals surface area contributed by atoms with E-state index in [1.54, 1.807) is 0 Å². The van der Waals surface area contributed by atoms with Crippen LogP contribution < -0.4 is 0 Å². The fraction of sp³-hybridized carbons (Fsp3) is 0.400. The van der Waals surface area contributed by atoms with Crippen molar-refractivity contribution in [3.63, 3.8) is 0 Å². The summed E-state index contributed by atoms with van der Waals surface area (Å²) in [6.07, 6.45) is 1.25. The summed E-state index contributed by atoms with van der Waals surface area (Å²) in [5.74, 6) is -2.81. The van der Waals surface area contributed by atoms with Crippen LogP contribution in [0.4, 0.5) is 0 Å². The first-order valence-electron chi connectivity index (χ1n) is 6.79. The molecule has 0 saturated carbocycles. The summed E-state index contributed by atoms with van der Waals surface area (Å²) in [6, 6.07) is 0. The Bertz CT molecular complexity index is 415. The molecule has 0 fully saturated rings. The molecular formula is C15H29O10P. The van der Waals surface area contributed by atoms with E-state index in [4.69, 9.17) is 34.6 Å². The number of carboxylic acid groups (broad SMARTS) is 3. The van der Waals surface area contributed by atoms with Crippen molar-refractivity contribution < 1.29 is 48.9 Å². The lowest BCUT2D eigenvalue weighted by molar-refractivity contribution is -0.133. The van der Waals surface area contributed by atoms with E-state index < -0.39 is 25.7 Å². The summed E-state index contributed by atoms with van der Waals surface area (Å²) in [7, 11) is -4.64. The van der Waals surface area contributed by atoms with Crippen LogP contribution in [0.2, 0.25) is 0 Å². The normalized spacial score (nSPS) is 8.15. The molecule has 0 bridgehead atoms. The van der Waals surface area contributed by atoms with Crippen LogP contribution in [0.3, 0.4) is 0 Å². The zero-order chi connectivity index (χ0) is 22.7. The summed E-state index contributed by atoms with van der Waals surface area (Å²) in [6.45, 7) is 18.1. The Morgan fingerprint density at radius 3 is 0.731 bits per heavy atom. The van der Waals surface area contributed by atoms with Gasteiger partial charge in [-0.15, -0.1) is 0 Å². The summed E-state index contributed by atoms with van der Waals surface area (Å²) < 4.78 is 8.88. The number of hydrogen-bond acceptors (Lipinski definition) is 4. The lowest BCUT2D eigenvalue weighted by Crippen LogP contribution is -1.92. The van der Waals surface area contributed by atoms with Gasteiger partial charge in [0.15, 0.2) is 0 Å². The number of rotatable bonds is 3. The van der Waals surface area contributed by atoms with Crippen molar-refractivity contribution in [3.05, 3.63) is 36.5 Å². The van der Waals surface area contributed by atoms with E-state index in [1.807, 2.05) is 0 Å². The summed E-state index contributed by atoms with van der Waals surface area (Å²) in [5, 5.41) is 23.7. The van der Waals surface area contributed by atoms with Gasteiger partial charge in [-0.05, 0) is 20.8 Å². The van der Waals surface area contributed by atoms with Crippen molar-refractivity contribution in [2.45, 2.75) is 41.0 Å². The molecule has 0 aliphatic heterocycles. The molecule has 0 saturated heterocycles. The van der Waals surface area contributed by atoms with Crippen LogP contribution in [0.5, 0.6) is 0 Å². The molecule has 0 atom stereocenters. The fourth-order valence-electron chi connectivity index (χ4n) is 0. The molecule has 10 nitrogen and oxygen atoms in total. The molecule has 0 aromatic rings. The molecule has 154 valence electrons. The van der Waals surface area contributed by atoms with E-state index >= 15 is 0 Å². The lowest BCUT2D eigenvalue weighted by atomic mass is 10.4. The molecule has 0 radical (unpaired) electrons. The highest BCUT2D eigenvalue weighted by Gasteiger charge is 2.00. The SMILES string of the molecule is C=C(C)C(=O)O.C=C(C)C(=O)O.C=C(C)C(=O)O.CCC.O=P(O)(O)O. The molecule has 0 spiro atoms. The molecule has 0 amide bonds. The van der Waals surface area contributed by atoms with Crippen LogP contribution in [0, 0.1) is 0 Å². The maximum Gasteiger partial charge on any atom is 0.466 e. The van der Waals surface area contributed by atoms with Gasteiger partial charge in [-0.25, -0.2) is 18.9 Å². The van der Waals surface area contributed by atoms with Crippen LogP contribution in [-0.4, -0.2) is 47.9 Å². The second-order valence-electron chi connectivity index (χ2n) is 4.48. The smallest absolute Gasteiger partial charge is 0.466 e. The van der Waals surface area contributed by atoms with Crippen molar-refractivity contribution >= 4 is 25.7 Å². The Balaban J connectivity index is -0.0000000719. The van der Waals surface area contributed by atoms with Crippen molar-refractivity contribution in [2.24, 2.45) is 0 Å². The van der Waals surface area contributed by atoms with Gasteiger partial charge in [0.25, 0.3) is 0 Å². The van der Waals surface area contributed by atoms with Gasteiger partial charge in [-0.2, -0.15) is 0 Å². The topological polar surface area (TPSA) is 190 Å². The number of hydrogen-bond donors (Lipinski definition) is 6. The minimum Gasteiger partial charge on any atom is -0.478 e. The predicted octanol–water partition coefficient (Wildman–Crippen LogP) is 2.43. The predicted molar refractivity (Wildman–Crippen MR) is 97.6 cm³/mol. The standard InChI is InChI=1S/3C4H6O2.C3H8.H3O4P/c3*1-3(2)4(5)6;1-3-2;1-5(2,3)4/h3*1H2,2H3,(H,5,6);3H2,1-2H3;(H3,1,2,3,4). The molecule has 0 aromatic carbocycles. The van der Waals surface area contributed by atoms with Gasteiger partial charge >= 0.3 is 25.7 Å². The zero-order valence-corrected chi connectivity index (χ0v) is 16.5. The average Bonchev–Trinajstić information content (AvgIpc) is 2.38. The van der Waals surface area contributed by atoms with E-state index in [0.717, 1.165) is 0 Å². The van der Waals surface area contributed by atoms with E-state index in [2.05, 4.69) is 33.6 Å². The molecule has 0 aliphatic rings. The van der Waals surface area contributed by atoms with Gasteiger partial charge in [-0.1, -0.05) is 40.0 Å². The van der Waals surface area contributed by atoms with Crippen LogP contribution >= 0.6 is 7.82 Å². The molecule has 0 unspecified atom stereocenters. The Labute approximate surface area is 153 Å². The minimum atomic E-state index is -4.64. The Hall–Kier alpha value is -2.26. The maximum atomic E-state index is 9.60. The first-order valence-corrected chi connectivity index (χ1v) is 8.36. The summed E-state index contributed by atoms with van der Waals surface area (Å²) >= 11 is 0. The highest BCUT2D eigenvalue weighted by molar-refractivity contribution is 7.45. The van der Waals surface area contributed by atoms with Gasteiger partial charge in [0.05, 0.1) is 0 Å². The summed E-state index contributed by atoms with van der Waals surface area (Å²) in [4.78, 5) is 50.4. The first kappa shape index (κ1) is 35.0. The molecule has 0 rings (SSSR count). The number of carboxylic acids is 3. The molecule has 0 heterocycles. The zero-order valence-electron chi connectivity index (χ0n) is 15.6. The monoisotopic (exact) mass is 400 g/mol. The van der Waals surface area contributed by atoms with Crippen molar-refractivity contribution in [1.82, 2.24) is 0 Å². The van der Waals surface area contributed by atoms with Crippen molar-refractivity contribution in [2.75, 3.05) is 0 Å². The molecule has 26 heavy (non-hydrogen) atoms. The second-order valence-corrected chi connectivity index (χ2v) is 5.50. The Morgan fingerprint density at radius 2 is 0.731 bits per heavy atom. The lowest BCUT2D eigenvalue weighted by Gasteiger charge is -1.82. The van der Waals surface area contributed by atoms with E-state index in [0.29, 0.717) is 0 Å². The van der Waals surface area contributed by atoms with Crippen LogP contribution in [0.1, 0.15) is 41.0 Å². The number of aliphatic carboxylic acids is 3. The summed E-state index contributed by atoms with van der Waals surface area (Å²) in [5.41, 5.74) is 0.528. The molecular weight excluding hydrogens is 371 g/mol. The first-order chi connectivity index (χ1) is 11.3. The van der Waals surface area contributed by atoms with Gasteiger partial charge in [0, 0.05) is 16.7 Å². The largest absolute Gasteiger partial charge is 0.478 e. The number of carbonyl (C=O) groups is 3. The van der Waals surface area contributed by atoms with Crippen molar-refractivity contribution in [1.29, 1.82) is 0 Å². The van der Waals surface area contributed by atoms with Gasteiger partial charge in [-0.3, -0.25) is 0 Å². The van der Waals surface area contributed by atoms with Crippen molar-refractivity contribution in [3.8, 4) is 0 Å². The highest BCUT2D eigenvalue weighted by Crippen LogP contribution is 2.25. The van der Waals surface area contributed by atoms with Crippen LogP contribution in [0.15, 0.2) is 36.5 Å². The van der Waals surface area contributed by atoms with E-state index in [9.17, 15) is 14.4 Å². The van der Waals surface area contributed by atoms with E-state index in [1.165, 1.54) is 27.2 Å².